The van der Waals surface area contributed by atoms with Crippen LogP contribution in [0, 0.1) is 0 Å². The predicted molar refractivity (Wildman–Crippen MR) is 98.7 cm³/mol. The predicted octanol–water partition coefficient (Wildman–Crippen LogP) is 3.95. The summed E-state index contributed by atoms with van der Waals surface area (Å²) in [6, 6.07) is 9.56. The average molecular weight is 448 g/mol. The van der Waals surface area contributed by atoms with Gasteiger partial charge in [0.2, 0.25) is 0 Å². The maximum absolute atomic E-state index is 11.9. The number of nitrogens with zero attached hydrogens (tertiary/aromatic N) is 2. The minimum Gasteiger partial charge on any atom is -0.356 e. The Morgan fingerprint density at radius 1 is 1.08 bits per heavy atom. The van der Waals surface area contributed by atoms with Crippen LogP contribution in [0.4, 0.5) is 0 Å². The second-order valence-electron chi connectivity index (χ2n) is 5.47. The first-order valence-electron chi connectivity index (χ1n) is 7.41. The Kier molecular flexibility index (Phi) is 3.97. The summed E-state index contributed by atoms with van der Waals surface area (Å²) in [6.07, 6.45) is 2.53. The number of aromatic amines is 1. The molecule has 0 saturated heterocycles. The highest BCUT2D eigenvalue weighted by Gasteiger charge is 2.20. The van der Waals surface area contributed by atoms with Crippen LogP contribution in [0.3, 0.4) is 0 Å². The third-order valence-corrected chi connectivity index (χ3v) is 5.09. The van der Waals surface area contributed by atoms with E-state index in [1.807, 2.05) is 30.3 Å². The highest BCUT2D eigenvalue weighted by Crippen LogP contribution is 2.30. The summed E-state index contributed by atoms with van der Waals surface area (Å²) in [5.74, 6) is 0.584. The van der Waals surface area contributed by atoms with Gasteiger partial charge in [-0.2, -0.15) is 0 Å². The molecule has 24 heavy (non-hydrogen) atoms. The normalized spacial score (nSPS) is 13.5. The zero-order valence-corrected chi connectivity index (χ0v) is 15.6. The molecule has 1 amide bonds. The minimum absolute atomic E-state index is 0.0391. The van der Waals surface area contributed by atoms with Crippen LogP contribution < -0.4 is 5.32 Å². The molecule has 0 radical (unpaired) electrons. The van der Waals surface area contributed by atoms with Crippen molar-refractivity contribution in [2.45, 2.75) is 6.42 Å². The van der Waals surface area contributed by atoms with E-state index in [4.69, 9.17) is 0 Å². The third-order valence-electron chi connectivity index (χ3n) is 3.91. The van der Waals surface area contributed by atoms with E-state index in [0.717, 1.165) is 38.0 Å². The van der Waals surface area contributed by atoms with Gasteiger partial charge < -0.3 is 10.3 Å². The lowest BCUT2D eigenvalue weighted by Crippen LogP contribution is -2.31. The molecule has 0 atom stereocenters. The molecule has 120 valence electrons. The van der Waals surface area contributed by atoms with Gasteiger partial charge in [0.05, 0.1) is 17.0 Å². The second-order valence-corrected chi connectivity index (χ2v) is 7.24. The van der Waals surface area contributed by atoms with Gasteiger partial charge in [0.25, 0.3) is 5.91 Å². The Hall–Kier alpha value is -1.99. The molecule has 4 rings (SSSR count). The van der Waals surface area contributed by atoms with Crippen LogP contribution in [0.1, 0.15) is 16.1 Å². The largest absolute Gasteiger partial charge is 0.356 e. The van der Waals surface area contributed by atoms with E-state index in [9.17, 15) is 4.79 Å². The molecule has 0 saturated carbocycles. The number of amides is 1. The van der Waals surface area contributed by atoms with Crippen molar-refractivity contribution >= 4 is 37.8 Å². The molecule has 0 spiro atoms. The number of H-pyrrole nitrogens is 1. The van der Waals surface area contributed by atoms with Gasteiger partial charge in [0, 0.05) is 39.4 Å². The summed E-state index contributed by atoms with van der Waals surface area (Å²) in [4.78, 5) is 24.3. The molecule has 3 aromatic rings. The number of aromatic nitrogens is 3. The number of rotatable bonds is 2. The van der Waals surface area contributed by atoms with Crippen molar-refractivity contribution in [1.29, 1.82) is 0 Å². The van der Waals surface area contributed by atoms with E-state index in [1.54, 1.807) is 6.20 Å². The van der Waals surface area contributed by atoms with Crippen LogP contribution in [0.15, 0.2) is 45.5 Å². The van der Waals surface area contributed by atoms with Gasteiger partial charge >= 0.3 is 0 Å². The van der Waals surface area contributed by atoms with E-state index in [-0.39, 0.29) is 5.91 Å². The quantitative estimate of drug-likeness (QED) is 0.624. The fourth-order valence-corrected chi connectivity index (χ4v) is 3.52. The number of carbonyl (C=O) groups is 1. The van der Waals surface area contributed by atoms with Crippen LogP contribution in [0.5, 0.6) is 0 Å². The van der Waals surface area contributed by atoms with E-state index in [0.29, 0.717) is 17.9 Å². The topological polar surface area (TPSA) is 70.7 Å². The number of fused-ring (bicyclic) bond motifs is 1. The van der Waals surface area contributed by atoms with Gasteiger partial charge in [-0.25, -0.2) is 9.97 Å². The molecule has 2 N–H and O–H groups in total. The Bertz CT molecular complexity index is 952. The van der Waals surface area contributed by atoms with Crippen molar-refractivity contribution in [2.24, 2.45) is 0 Å². The van der Waals surface area contributed by atoms with Gasteiger partial charge in [0.1, 0.15) is 0 Å². The smallest absolute Gasteiger partial charge is 0.253 e. The molecule has 1 aromatic carbocycles. The molecule has 1 aliphatic rings. The zero-order valence-electron chi connectivity index (χ0n) is 12.4. The highest BCUT2D eigenvalue weighted by molar-refractivity contribution is 9.11. The second kappa shape index (κ2) is 6.14. The Morgan fingerprint density at radius 3 is 2.79 bits per heavy atom. The van der Waals surface area contributed by atoms with E-state index >= 15 is 0 Å². The summed E-state index contributed by atoms with van der Waals surface area (Å²) in [5, 5.41) is 2.85. The van der Waals surface area contributed by atoms with Crippen molar-refractivity contribution in [1.82, 2.24) is 20.3 Å². The summed E-state index contributed by atoms with van der Waals surface area (Å²) < 4.78 is 1.88. The Labute approximate surface area is 155 Å². The Balaban J connectivity index is 1.78. The number of halogens is 2. The molecule has 0 unspecified atom stereocenters. The van der Waals surface area contributed by atoms with Crippen LogP contribution in [-0.4, -0.2) is 27.4 Å². The van der Waals surface area contributed by atoms with E-state index in [1.165, 1.54) is 0 Å². The summed E-state index contributed by atoms with van der Waals surface area (Å²) in [5.41, 5.74) is 4.14. The zero-order chi connectivity index (χ0) is 16.7. The first kappa shape index (κ1) is 15.5. The third kappa shape index (κ3) is 2.78. The standard InChI is InChI=1S/C17H12Br2N4O/c18-9-1-2-12(19)10(7-9)16-20-5-4-14(23-16)15-8-11-13(22-15)3-6-21-17(11)24/h1-2,4-5,7-8,22H,3,6H2,(H,21,24). The number of hydrogen-bond donors (Lipinski definition) is 2. The summed E-state index contributed by atoms with van der Waals surface area (Å²) >= 11 is 7.02. The first-order chi connectivity index (χ1) is 11.6. The maximum Gasteiger partial charge on any atom is 0.253 e. The van der Waals surface area contributed by atoms with Crippen LogP contribution >= 0.6 is 31.9 Å². The van der Waals surface area contributed by atoms with Crippen LogP contribution in [0.25, 0.3) is 22.8 Å². The average Bonchev–Trinajstić information content (AvgIpc) is 3.03. The molecule has 0 fully saturated rings. The van der Waals surface area contributed by atoms with E-state index < -0.39 is 0 Å². The molecule has 1 aliphatic heterocycles. The minimum atomic E-state index is -0.0391. The number of carbonyl (C=O) groups excluding carboxylic acids is 1. The summed E-state index contributed by atoms with van der Waals surface area (Å²) in [6.45, 7) is 0.659. The van der Waals surface area contributed by atoms with E-state index in [2.05, 4.69) is 52.1 Å². The van der Waals surface area contributed by atoms with Crippen molar-refractivity contribution in [3.8, 4) is 22.8 Å². The van der Waals surface area contributed by atoms with Crippen molar-refractivity contribution < 1.29 is 4.79 Å². The first-order valence-corrected chi connectivity index (χ1v) is 8.99. The SMILES string of the molecule is O=C1NCCc2[nH]c(-c3ccnc(-c4cc(Br)ccc4Br)n3)cc21. The number of hydrogen-bond acceptors (Lipinski definition) is 3. The summed E-state index contributed by atoms with van der Waals surface area (Å²) in [7, 11) is 0. The monoisotopic (exact) mass is 446 g/mol. The van der Waals surface area contributed by atoms with Crippen molar-refractivity contribution in [3.63, 3.8) is 0 Å². The van der Waals surface area contributed by atoms with Crippen LogP contribution in [0.2, 0.25) is 0 Å². The molecule has 5 nitrogen and oxygen atoms in total. The number of nitrogens with one attached hydrogen (secondary N) is 2. The lowest BCUT2D eigenvalue weighted by atomic mass is 10.1. The van der Waals surface area contributed by atoms with Gasteiger partial charge in [0.15, 0.2) is 5.82 Å². The molecule has 2 aromatic heterocycles. The molecule has 7 heteroatoms. The molecular weight excluding hydrogens is 436 g/mol. The van der Waals surface area contributed by atoms with Gasteiger partial charge in [-0.05, 0) is 30.3 Å². The van der Waals surface area contributed by atoms with Gasteiger partial charge in [-0.3, -0.25) is 4.79 Å². The fraction of sp³-hybridized carbons (Fsp3) is 0.118. The lowest BCUT2D eigenvalue weighted by molar-refractivity contribution is 0.0946. The van der Waals surface area contributed by atoms with Crippen molar-refractivity contribution in [3.05, 3.63) is 56.7 Å². The number of benzene rings is 1. The maximum atomic E-state index is 11.9. The van der Waals surface area contributed by atoms with Gasteiger partial charge in [-0.15, -0.1) is 0 Å². The fourth-order valence-electron chi connectivity index (χ4n) is 2.74. The lowest BCUT2D eigenvalue weighted by Gasteiger charge is -2.10. The molecule has 0 bridgehead atoms. The van der Waals surface area contributed by atoms with Crippen molar-refractivity contribution in [2.75, 3.05) is 6.54 Å². The molecular formula is C17H12Br2N4O. The van der Waals surface area contributed by atoms with Crippen LogP contribution in [-0.2, 0) is 6.42 Å². The Morgan fingerprint density at radius 2 is 1.96 bits per heavy atom. The molecule has 3 heterocycles. The van der Waals surface area contributed by atoms with Gasteiger partial charge in [-0.1, -0.05) is 31.9 Å². The molecule has 0 aliphatic carbocycles. The highest BCUT2D eigenvalue weighted by atomic mass is 79.9.